The average molecular weight is 369 g/mol. The highest BCUT2D eigenvalue weighted by atomic mass is 32.9. The maximum Gasteiger partial charge on any atom is 0.242 e. The molecule has 22 heavy (non-hydrogen) atoms. The first kappa shape index (κ1) is 22.9. The van der Waals surface area contributed by atoms with E-state index in [0.717, 1.165) is 23.6 Å². The van der Waals surface area contributed by atoms with E-state index in [-0.39, 0.29) is 0 Å². The van der Waals surface area contributed by atoms with Crippen LogP contribution in [-0.4, -0.2) is 15.5 Å². The molecule has 0 aliphatic heterocycles. The van der Waals surface area contributed by atoms with E-state index in [1.54, 1.807) is 0 Å². The van der Waals surface area contributed by atoms with Crippen molar-refractivity contribution in [3.05, 3.63) is 0 Å². The molecule has 0 fully saturated rings. The van der Waals surface area contributed by atoms with Gasteiger partial charge in [-0.25, -0.2) is 0 Å². The van der Waals surface area contributed by atoms with Gasteiger partial charge in [0.25, 0.3) is 0 Å². The molecule has 0 saturated heterocycles. The number of rotatable bonds is 17. The first-order valence-corrected chi connectivity index (χ1v) is 13.6. The Balaban J connectivity index is 3.01. The third-order valence-electron chi connectivity index (χ3n) is 4.01. The second-order valence-corrected chi connectivity index (χ2v) is 12.4. The molecule has 0 atom stereocenters. The third-order valence-corrected chi connectivity index (χ3v) is 7.32. The molecule has 0 aliphatic rings. The molecule has 2 nitrogen and oxygen atoms in total. The van der Waals surface area contributed by atoms with E-state index >= 15 is 0 Å². The van der Waals surface area contributed by atoms with Gasteiger partial charge in [-0.05, 0) is 18.2 Å². The summed E-state index contributed by atoms with van der Waals surface area (Å²) in [5.41, 5.74) is -3.00. The molecule has 0 saturated carbocycles. The van der Waals surface area contributed by atoms with Crippen molar-refractivity contribution in [2.75, 3.05) is 5.75 Å². The summed E-state index contributed by atoms with van der Waals surface area (Å²) in [6.45, 7) is 2.27. The van der Waals surface area contributed by atoms with Crippen molar-refractivity contribution in [3.8, 4) is 0 Å². The highest BCUT2D eigenvalue weighted by molar-refractivity contribution is 8.67. The van der Waals surface area contributed by atoms with Crippen LogP contribution in [-0.2, 0) is 11.8 Å². The van der Waals surface area contributed by atoms with Crippen LogP contribution in [0.15, 0.2) is 0 Å². The zero-order chi connectivity index (χ0) is 16.5. The van der Waals surface area contributed by atoms with E-state index in [1.165, 1.54) is 89.9 Å². The molecule has 0 radical (unpaired) electrons. The van der Waals surface area contributed by atoms with Gasteiger partial charge in [0.1, 0.15) is 0 Å². The van der Waals surface area contributed by atoms with E-state index < -0.39 is 5.69 Å². The molecule has 5 heteroatoms. The number of unbranched alkanes of at least 4 members (excludes halogenated alkanes) is 14. The summed E-state index contributed by atoms with van der Waals surface area (Å²) in [7, 11) is 0. The van der Waals surface area contributed by atoms with E-state index in [1.807, 2.05) is 0 Å². The minimum atomic E-state index is -3.00. The summed E-state index contributed by atoms with van der Waals surface area (Å²) in [4.78, 5) is 18.2. The lowest BCUT2D eigenvalue weighted by molar-refractivity contribution is 0.502. The second kappa shape index (κ2) is 16.8. The van der Waals surface area contributed by atoms with Gasteiger partial charge >= 0.3 is 0 Å². The Kier molecular flexibility index (Phi) is 17.5. The Hall–Kier alpha value is 0.920. The van der Waals surface area contributed by atoms with Crippen LogP contribution in [0.4, 0.5) is 0 Å². The first-order chi connectivity index (χ1) is 10.6. The van der Waals surface area contributed by atoms with Gasteiger partial charge in [0.05, 0.1) is 0 Å². The second-order valence-electron chi connectivity index (χ2n) is 6.27. The Morgan fingerprint density at radius 2 is 0.955 bits per heavy atom. The lowest BCUT2D eigenvalue weighted by Gasteiger charge is -2.06. The number of hydrogen-bond donors (Lipinski definition) is 2. The molecular formula is C17H37O2PS2. The van der Waals surface area contributed by atoms with Gasteiger partial charge in [-0.2, -0.15) is 0 Å². The van der Waals surface area contributed by atoms with Crippen LogP contribution in [0.25, 0.3) is 0 Å². The Labute approximate surface area is 147 Å². The number of hydrogen-bond acceptors (Lipinski definition) is 2. The van der Waals surface area contributed by atoms with Crippen molar-refractivity contribution >= 4 is 28.9 Å². The summed E-state index contributed by atoms with van der Waals surface area (Å²) < 4.78 is 0. The minimum Gasteiger partial charge on any atom is -0.338 e. The summed E-state index contributed by atoms with van der Waals surface area (Å²) in [5.74, 6) is 0.794. The van der Waals surface area contributed by atoms with Crippen molar-refractivity contribution in [2.45, 2.75) is 103 Å². The molecule has 0 rings (SSSR count). The highest BCUT2D eigenvalue weighted by Gasteiger charge is 2.06. The van der Waals surface area contributed by atoms with E-state index in [0.29, 0.717) is 0 Å². The zero-order valence-electron chi connectivity index (χ0n) is 14.5. The van der Waals surface area contributed by atoms with Crippen LogP contribution in [0.5, 0.6) is 0 Å². The maximum atomic E-state index is 9.08. The molecule has 0 unspecified atom stereocenters. The van der Waals surface area contributed by atoms with Crippen molar-refractivity contribution in [1.29, 1.82) is 0 Å². The van der Waals surface area contributed by atoms with Gasteiger partial charge in [0.2, 0.25) is 5.69 Å². The molecule has 0 aliphatic carbocycles. The van der Waals surface area contributed by atoms with Crippen LogP contribution in [0.1, 0.15) is 103 Å². The van der Waals surface area contributed by atoms with E-state index in [4.69, 9.17) is 9.79 Å². The summed E-state index contributed by atoms with van der Waals surface area (Å²) in [6, 6.07) is 0. The lowest BCUT2D eigenvalue weighted by atomic mass is 10.0. The molecular weight excluding hydrogens is 331 g/mol. The Morgan fingerprint density at radius 3 is 1.27 bits per heavy atom. The van der Waals surface area contributed by atoms with Gasteiger partial charge in [-0.15, -0.1) is 0 Å². The topological polar surface area (TPSA) is 40.5 Å². The predicted molar refractivity (Wildman–Crippen MR) is 106 cm³/mol. The standard InChI is InChI=1S/C17H37O2PS2/c1-2-3-4-5-6-7-8-9-10-11-12-13-14-15-16-17-22-20(18,19)21/h2-17H2,1H3,(H2,18,19,21). The molecule has 0 heterocycles. The van der Waals surface area contributed by atoms with Gasteiger partial charge in [0, 0.05) is 5.75 Å². The molecule has 0 aromatic rings. The quantitative estimate of drug-likeness (QED) is 0.219. The van der Waals surface area contributed by atoms with Gasteiger partial charge < -0.3 is 9.79 Å². The SMILES string of the molecule is CCCCCCCCCCCCCCCCCSP(O)(O)=S. The largest absolute Gasteiger partial charge is 0.338 e. The van der Waals surface area contributed by atoms with Crippen molar-refractivity contribution < 1.29 is 9.79 Å². The molecule has 0 spiro atoms. The van der Waals surface area contributed by atoms with Crippen LogP contribution in [0, 0.1) is 0 Å². The van der Waals surface area contributed by atoms with Gasteiger partial charge in [-0.3, -0.25) is 0 Å². The molecule has 0 aromatic carbocycles. The Bertz CT molecular complexity index is 269. The molecule has 2 N–H and O–H groups in total. The fourth-order valence-corrected chi connectivity index (χ4v) is 5.00. The maximum absolute atomic E-state index is 9.08. The fraction of sp³-hybridized carbons (Fsp3) is 1.00. The van der Waals surface area contributed by atoms with E-state index in [2.05, 4.69) is 18.7 Å². The summed E-state index contributed by atoms with van der Waals surface area (Å²) >= 11 is 5.73. The summed E-state index contributed by atoms with van der Waals surface area (Å²) in [6.07, 6.45) is 20.4. The first-order valence-electron chi connectivity index (χ1n) is 9.26. The minimum absolute atomic E-state index is 0.794. The fourth-order valence-electron chi connectivity index (χ4n) is 2.66. The lowest BCUT2D eigenvalue weighted by Crippen LogP contribution is -1.84. The summed E-state index contributed by atoms with van der Waals surface area (Å²) in [5, 5.41) is 0. The highest BCUT2D eigenvalue weighted by Crippen LogP contribution is 2.50. The van der Waals surface area contributed by atoms with Crippen molar-refractivity contribution in [3.63, 3.8) is 0 Å². The van der Waals surface area contributed by atoms with Gasteiger partial charge in [-0.1, -0.05) is 108 Å². The van der Waals surface area contributed by atoms with Crippen LogP contribution in [0.3, 0.4) is 0 Å². The van der Waals surface area contributed by atoms with Crippen LogP contribution < -0.4 is 0 Å². The molecule has 0 aromatic heterocycles. The van der Waals surface area contributed by atoms with Crippen molar-refractivity contribution in [1.82, 2.24) is 0 Å². The molecule has 134 valence electrons. The predicted octanol–water partition coefficient (Wildman–Crippen LogP) is 6.80. The van der Waals surface area contributed by atoms with Crippen LogP contribution in [0.2, 0.25) is 0 Å². The van der Waals surface area contributed by atoms with Gasteiger partial charge in [0.15, 0.2) is 0 Å². The Morgan fingerprint density at radius 1 is 0.636 bits per heavy atom. The average Bonchev–Trinajstić information content (AvgIpc) is 2.45. The third kappa shape index (κ3) is 20.9. The monoisotopic (exact) mass is 368 g/mol. The zero-order valence-corrected chi connectivity index (χ0v) is 17.0. The van der Waals surface area contributed by atoms with Crippen LogP contribution >= 0.6 is 17.1 Å². The van der Waals surface area contributed by atoms with E-state index in [9.17, 15) is 0 Å². The molecule has 0 amide bonds. The normalized spacial score (nSPS) is 12.0. The van der Waals surface area contributed by atoms with Crippen molar-refractivity contribution in [2.24, 2.45) is 0 Å². The smallest absolute Gasteiger partial charge is 0.242 e. The molecule has 0 bridgehead atoms.